The SMILES string of the molecule is O=C1NC(=O)C2(N3Cc4cc(O[C@H]5CCC[C@H]5N5CC(c6ccccc6Cl)C5)ccc4C3=O)CC1C2. The Morgan fingerprint density at radius 3 is 2.58 bits per heavy atom. The minimum atomic E-state index is -0.887. The molecule has 2 atom stereocenters. The van der Waals surface area contributed by atoms with Crippen LogP contribution >= 0.6 is 11.6 Å². The number of carbonyl (C=O) groups is 3. The van der Waals surface area contributed by atoms with Gasteiger partial charge in [0.05, 0.1) is 0 Å². The molecule has 8 rings (SSSR count). The number of ether oxygens (including phenoxy) is 1. The summed E-state index contributed by atoms with van der Waals surface area (Å²) in [5.74, 6) is 0.380. The average Bonchev–Trinajstić information content (AvgIpc) is 3.37. The molecule has 0 aromatic heterocycles. The van der Waals surface area contributed by atoms with Crippen molar-refractivity contribution < 1.29 is 19.1 Å². The number of hydrogen-bond donors (Lipinski definition) is 1. The molecule has 186 valence electrons. The molecule has 3 amide bonds. The summed E-state index contributed by atoms with van der Waals surface area (Å²) in [6.45, 7) is 2.37. The molecule has 5 fully saturated rings. The quantitative estimate of drug-likeness (QED) is 0.629. The molecular formula is C28H28ClN3O4. The number of piperidine rings is 2. The number of hydrogen-bond acceptors (Lipinski definition) is 5. The lowest BCUT2D eigenvalue weighted by Gasteiger charge is -2.53. The van der Waals surface area contributed by atoms with Gasteiger partial charge in [0, 0.05) is 48.1 Å². The standard InChI is InChI=1S/C28H28ClN3O4/c29-22-5-2-1-4-20(22)18-13-31(14-18)23-6-3-7-24(23)36-19-8-9-21-16(10-19)15-32(26(21)34)28-11-17(12-28)25(33)30-27(28)35/h1-2,4-5,8-10,17-18,23-24H,3,6-7,11-15H2,(H,30,33,35)/t17?,23-,24+,28?/m1/s1. The topological polar surface area (TPSA) is 79.0 Å². The van der Waals surface area contributed by atoms with Crippen LogP contribution in [0, 0.1) is 5.92 Å². The van der Waals surface area contributed by atoms with Gasteiger partial charge in [-0.05, 0) is 67.5 Å². The molecule has 6 aliphatic rings. The zero-order valence-corrected chi connectivity index (χ0v) is 20.7. The Morgan fingerprint density at radius 2 is 1.81 bits per heavy atom. The van der Waals surface area contributed by atoms with Crippen molar-refractivity contribution in [2.75, 3.05) is 13.1 Å². The number of carbonyl (C=O) groups excluding carboxylic acids is 3. The summed E-state index contributed by atoms with van der Waals surface area (Å²) >= 11 is 6.41. The highest BCUT2D eigenvalue weighted by Crippen LogP contribution is 2.49. The molecule has 7 nitrogen and oxygen atoms in total. The van der Waals surface area contributed by atoms with Crippen LogP contribution in [0.25, 0.3) is 0 Å². The summed E-state index contributed by atoms with van der Waals surface area (Å²) in [6.07, 6.45) is 4.24. The van der Waals surface area contributed by atoms with Crippen LogP contribution < -0.4 is 10.1 Å². The molecule has 2 aliphatic carbocycles. The molecule has 1 N–H and O–H groups in total. The van der Waals surface area contributed by atoms with Crippen molar-refractivity contribution in [1.29, 1.82) is 0 Å². The van der Waals surface area contributed by atoms with Crippen molar-refractivity contribution >= 4 is 29.3 Å². The molecule has 2 aromatic rings. The van der Waals surface area contributed by atoms with E-state index in [2.05, 4.69) is 16.3 Å². The highest BCUT2D eigenvalue weighted by Gasteiger charge is 2.63. The van der Waals surface area contributed by atoms with Gasteiger partial charge in [0.25, 0.3) is 11.8 Å². The van der Waals surface area contributed by atoms with Crippen molar-refractivity contribution in [3.63, 3.8) is 0 Å². The minimum Gasteiger partial charge on any atom is -0.489 e. The van der Waals surface area contributed by atoms with Crippen LogP contribution in [0.15, 0.2) is 42.5 Å². The molecule has 3 saturated heterocycles. The van der Waals surface area contributed by atoms with Gasteiger partial charge >= 0.3 is 0 Å². The van der Waals surface area contributed by atoms with Crippen LogP contribution in [0.5, 0.6) is 5.75 Å². The van der Waals surface area contributed by atoms with Gasteiger partial charge in [-0.25, -0.2) is 0 Å². The average molecular weight is 506 g/mol. The molecule has 2 aromatic carbocycles. The van der Waals surface area contributed by atoms with Crippen LogP contribution in [0.4, 0.5) is 0 Å². The van der Waals surface area contributed by atoms with E-state index in [9.17, 15) is 14.4 Å². The van der Waals surface area contributed by atoms with Crippen LogP contribution in [0.3, 0.4) is 0 Å². The van der Waals surface area contributed by atoms with Crippen molar-refractivity contribution in [3.05, 3.63) is 64.2 Å². The second kappa shape index (κ2) is 8.05. The number of fused-ring (bicyclic) bond motifs is 3. The number of nitrogens with one attached hydrogen (secondary N) is 1. The maximum atomic E-state index is 13.2. The number of halogens is 1. The zero-order valence-electron chi connectivity index (χ0n) is 19.9. The number of rotatable bonds is 5. The largest absolute Gasteiger partial charge is 0.489 e. The first-order chi connectivity index (χ1) is 17.4. The van der Waals surface area contributed by atoms with Gasteiger partial charge in [0.2, 0.25) is 5.91 Å². The smallest absolute Gasteiger partial charge is 0.255 e. The molecule has 4 aliphatic heterocycles. The van der Waals surface area contributed by atoms with E-state index < -0.39 is 5.54 Å². The predicted molar refractivity (Wildman–Crippen MR) is 133 cm³/mol. The number of amides is 3. The first kappa shape index (κ1) is 22.3. The molecule has 2 bridgehead atoms. The molecule has 0 radical (unpaired) electrons. The number of likely N-dealkylation sites (tertiary alicyclic amines) is 1. The summed E-state index contributed by atoms with van der Waals surface area (Å²) < 4.78 is 6.50. The lowest BCUT2D eigenvalue weighted by molar-refractivity contribution is -0.160. The van der Waals surface area contributed by atoms with Gasteiger partial charge in [-0.2, -0.15) is 0 Å². The van der Waals surface area contributed by atoms with Gasteiger partial charge in [0.15, 0.2) is 0 Å². The van der Waals surface area contributed by atoms with Crippen LogP contribution in [-0.4, -0.2) is 58.3 Å². The van der Waals surface area contributed by atoms with Crippen LogP contribution in [0.2, 0.25) is 5.02 Å². The van der Waals surface area contributed by atoms with Crippen LogP contribution in [0.1, 0.15) is 59.5 Å². The van der Waals surface area contributed by atoms with E-state index in [1.165, 1.54) is 5.56 Å². The molecule has 2 saturated carbocycles. The summed E-state index contributed by atoms with van der Waals surface area (Å²) in [5.41, 5.74) is 1.85. The maximum absolute atomic E-state index is 13.2. The summed E-state index contributed by atoms with van der Waals surface area (Å²) in [5, 5.41) is 3.28. The second-order valence-electron chi connectivity index (χ2n) is 11.0. The first-order valence-electron chi connectivity index (χ1n) is 12.9. The van der Waals surface area contributed by atoms with Crippen molar-refractivity contribution in [2.24, 2.45) is 5.92 Å². The zero-order chi connectivity index (χ0) is 24.6. The predicted octanol–water partition coefficient (Wildman–Crippen LogP) is 3.50. The van der Waals surface area contributed by atoms with Crippen molar-refractivity contribution in [2.45, 2.75) is 62.3 Å². The van der Waals surface area contributed by atoms with Gasteiger partial charge in [-0.3, -0.25) is 24.6 Å². The minimum absolute atomic E-state index is 0.115. The van der Waals surface area contributed by atoms with Crippen LogP contribution in [-0.2, 0) is 16.1 Å². The van der Waals surface area contributed by atoms with E-state index in [1.54, 1.807) is 4.90 Å². The fourth-order valence-electron chi connectivity index (χ4n) is 6.94. The lowest BCUT2D eigenvalue weighted by Crippen LogP contribution is -2.73. The van der Waals surface area contributed by atoms with Gasteiger partial charge < -0.3 is 9.64 Å². The third-order valence-corrected chi connectivity index (χ3v) is 9.37. The number of benzene rings is 2. The molecule has 4 heterocycles. The van der Waals surface area contributed by atoms with E-state index >= 15 is 0 Å². The highest BCUT2D eigenvalue weighted by atomic mass is 35.5. The third kappa shape index (κ3) is 3.25. The second-order valence-corrected chi connectivity index (χ2v) is 11.4. The molecule has 8 heteroatoms. The van der Waals surface area contributed by atoms with E-state index in [1.807, 2.05) is 36.4 Å². The van der Waals surface area contributed by atoms with Gasteiger partial charge in [-0.15, -0.1) is 0 Å². The number of imide groups is 1. The van der Waals surface area contributed by atoms with E-state index in [0.717, 1.165) is 48.7 Å². The highest BCUT2D eigenvalue weighted by molar-refractivity contribution is 6.31. The third-order valence-electron chi connectivity index (χ3n) is 9.02. The Labute approximate surface area is 214 Å². The van der Waals surface area contributed by atoms with Crippen molar-refractivity contribution in [1.82, 2.24) is 15.1 Å². The Kier molecular flexibility index (Phi) is 4.99. The molecule has 0 spiro atoms. The Balaban J connectivity index is 1.03. The molecule has 36 heavy (non-hydrogen) atoms. The summed E-state index contributed by atoms with van der Waals surface area (Å²) in [6, 6.07) is 14.2. The Morgan fingerprint density at radius 1 is 1.00 bits per heavy atom. The lowest BCUT2D eigenvalue weighted by atomic mass is 9.63. The van der Waals surface area contributed by atoms with E-state index in [4.69, 9.17) is 16.3 Å². The van der Waals surface area contributed by atoms with Gasteiger partial charge in [0.1, 0.15) is 17.4 Å². The molecular weight excluding hydrogens is 478 g/mol. The fourth-order valence-corrected chi connectivity index (χ4v) is 7.23. The monoisotopic (exact) mass is 505 g/mol. The van der Waals surface area contributed by atoms with E-state index in [-0.39, 0.29) is 29.7 Å². The summed E-state index contributed by atoms with van der Waals surface area (Å²) in [4.78, 5) is 41.8. The fraction of sp³-hybridized carbons (Fsp3) is 0.464. The van der Waals surface area contributed by atoms with Gasteiger partial charge in [-0.1, -0.05) is 29.8 Å². The number of nitrogens with zero attached hydrogens (tertiary/aromatic N) is 2. The van der Waals surface area contributed by atoms with Crippen molar-refractivity contribution in [3.8, 4) is 5.75 Å². The Bertz CT molecular complexity index is 1280. The molecule has 0 unspecified atom stereocenters. The Hall–Kier alpha value is -2.90. The van der Waals surface area contributed by atoms with E-state index in [0.29, 0.717) is 36.9 Å². The normalized spacial score (nSPS) is 31.6. The summed E-state index contributed by atoms with van der Waals surface area (Å²) in [7, 11) is 0. The first-order valence-corrected chi connectivity index (χ1v) is 13.3. The maximum Gasteiger partial charge on any atom is 0.255 e.